The maximum atomic E-state index is 13.5. The summed E-state index contributed by atoms with van der Waals surface area (Å²) in [6.07, 6.45) is 12.4. The molecule has 1 aliphatic carbocycles. The fourth-order valence-electron chi connectivity index (χ4n) is 7.88. The third-order valence-electron chi connectivity index (χ3n) is 11.1. The average molecular weight is 701 g/mol. The largest absolute Gasteiger partial charge is 2.00 e. The average Bonchev–Trinajstić information content (AvgIpc) is 3.84. The van der Waals surface area contributed by atoms with Crippen LogP contribution in [0.25, 0.3) is 35.6 Å². The van der Waals surface area contributed by atoms with Gasteiger partial charge >= 0.3 is 35.0 Å². The number of allylic oxidation sites excluding steroid dienone is 2. The number of rotatable bonds is 9. The molecular weight excluding hydrogens is 653 g/mol. The van der Waals surface area contributed by atoms with Crippen LogP contribution >= 0.6 is 0 Å². The van der Waals surface area contributed by atoms with Gasteiger partial charge in [-0.05, 0) is 76.2 Å². The minimum absolute atomic E-state index is 0. The van der Waals surface area contributed by atoms with Crippen molar-refractivity contribution < 1.29 is 24.2 Å². The monoisotopic (exact) mass is 700 g/mol. The van der Waals surface area contributed by atoms with E-state index in [1.165, 1.54) is 12.7 Å². The molecule has 0 radical (unpaired) electrons. The van der Waals surface area contributed by atoms with Crippen LogP contribution in [0.2, 0.25) is 0 Å². The predicted octanol–water partition coefficient (Wildman–Crippen LogP) is 3.21. The maximum Gasteiger partial charge on any atom is 2.00 e. The molecule has 8 bridgehead atoms. The number of aliphatic hydroxyl groups is 1. The fraction of sp³-hybridized carbons (Fsp3) is 0.415. The van der Waals surface area contributed by atoms with Crippen LogP contribution in [0.1, 0.15) is 91.9 Å². The number of hydrogen-bond donors (Lipinski definition) is 3. The number of fused-ring (bicyclic) bond motifs is 8. The number of H-pyrrole nitrogens is 1. The number of hydrogen-bond acceptors (Lipinski definition) is 6. The summed E-state index contributed by atoms with van der Waals surface area (Å²) in [5.74, 6) is -2.09. The van der Waals surface area contributed by atoms with Crippen molar-refractivity contribution in [3.05, 3.63) is 90.1 Å². The van der Waals surface area contributed by atoms with Crippen molar-refractivity contribution in [1.82, 2.24) is 20.3 Å². The van der Waals surface area contributed by atoms with Gasteiger partial charge in [0.05, 0.1) is 13.2 Å². The Morgan fingerprint density at radius 3 is 2.45 bits per heavy atom. The van der Waals surface area contributed by atoms with E-state index in [2.05, 4.69) is 63.7 Å². The number of carbonyl (C=O) groups excluding carboxylic acids is 2. The number of esters is 2. The molecule has 1 unspecified atom stereocenters. The Bertz CT molecular complexity index is 2210. The van der Waals surface area contributed by atoms with Gasteiger partial charge in [0.2, 0.25) is 0 Å². The zero-order chi connectivity index (χ0) is 36.0. The second-order valence-corrected chi connectivity index (χ2v) is 13.8. The van der Waals surface area contributed by atoms with E-state index < -0.39 is 17.9 Å². The van der Waals surface area contributed by atoms with Gasteiger partial charge in [0.25, 0.3) is 0 Å². The zero-order valence-electron chi connectivity index (χ0n) is 31.1. The van der Waals surface area contributed by atoms with Crippen LogP contribution in [0, 0.1) is 38.5 Å². The molecular formula is C41H48MgN4O5. The number of nitrogens with one attached hydrogen (secondary N) is 2. The molecule has 2 aliphatic heterocycles. The standard InChI is InChI=1S/C41H48N4O5.Mg/c1-10-20(4)15-16-50-34(46)14-13-27-23(7)30-17-28-21(5)25(11-2)32(42-28)18-29-22(6)26(12-3)33(43-29)19-31-24(8)35-39(45-31)36(38(27)44-30)37(40(35)47)41(48)49-9;/h11,15,17-19,23,27,37-38,42,44,47H,2,10,12-14,16H2,1,3-9H3;/q-2;+2/b20-15+,29-18-,30-17-,33-19-;/t23-,27-,37+,38?;/m0./s1. The van der Waals surface area contributed by atoms with E-state index in [0.29, 0.717) is 28.3 Å². The van der Waals surface area contributed by atoms with E-state index >= 15 is 0 Å². The van der Waals surface area contributed by atoms with Crippen LogP contribution in [0.4, 0.5) is 0 Å². The molecule has 10 heteroatoms. The van der Waals surface area contributed by atoms with E-state index in [1.54, 1.807) is 0 Å². The Morgan fingerprint density at radius 2 is 1.78 bits per heavy atom. The summed E-state index contributed by atoms with van der Waals surface area (Å²) in [5, 5.41) is 18.4. The summed E-state index contributed by atoms with van der Waals surface area (Å²) >= 11 is 0. The molecule has 0 amide bonds. The molecule has 3 N–H and O–H groups in total. The first kappa shape index (κ1) is 38.1. The number of aromatic amines is 1. The van der Waals surface area contributed by atoms with Crippen molar-refractivity contribution in [2.24, 2.45) is 17.8 Å². The number of nitrogens with zero attached hydrogens (tertiary/aromatic N) is 2. The quantitative estimate of drug-likeness (QED) is 0.177. The van der Waals surface area contributed by atoms with Gasteiger partial charge in [0.15, 0.2) is 0 Å². The van der Waals surface area contributed by atoms with Crippen molar-refractivity contribution in [2.75, 3.05) is 13.7 Å². The predicted molar refractivity (Wildman–Crippen MR) is 202 cm³/mol. The van der Waals surface area contributed by atoms with Crippen molar-refractivity contribution in [1.29, 1.82) is 0 Å². The van der Waals surface area contributed by atoms with Crippen molar-refractivity contribution in [3.8, 4) is 0 Å². The molecule has 4 atom stereocenters. The Morgan fingerprint density at radius 1 is 1.04 bits per heavy atom. The van der Waals surface area contributed by atoms with Crippen molar-refractivity contribution in [3.63, 3.8) is 0 Å². The normalized spacial score (nSPS) is 22.9. The van der Waals surface area contributed by atoms with Crippen LogP contribution in [-0.4, -0.2) is 64.8 Å². The molecule has 6 rings (SSSR count). The molecule has 9 nitrogen and oxygen atoms in total. The van der Waals surface area contributed by atoms with Crippen molar-refractivity contribution in [2.45, 2.75) is 80.2 Å². The maximum absolute atomic E-state index is 13.5. The molecule has 3 aliphatic rings. The third-order valence-corrected chi connectivity index (χ3v) is 11.1. The summed E-state index contributed by atoms with van der Waals surface area (Å²) in [6.45, 7) is 18.8. The number of aromatic nitrogens is 3. The van der Waals surface area contributed by atoms with Crippen LogP contribution in [0.3, 0.4) is 0 Å². The van der Waals surface area contributed by atoms with Crippen LogP contribution < -0.4 is 36.6 Å². The smallest absolute Gasteiger partial charge is 0.657 e. The molecule has 0 aromatic carbocycles. The second kappa shape index (κ2) is 15.2. The summed E-state index contributed by atoms with van der Waals surface area (Å²) in [6, 6.07) is -0.425. The Balaban J connectivity index is 0.00000504. The second-order valence-electron chi connectivity index (χ2n) is 13.8. The Labute approximate surface area is 315 Å². The van der Waals surface area contributed by atoms with Gasteiger partial charge in [0, 0.05) is 40.2 Å². The van der Waals surface area contributed by atoms with E-state index in [9.17, 15) is 14.7 Å². The first-order valence-corrected chi connectivity index (χ1v) is 17.6. The molecule has 0 spiro atoms. The molecule has 264 valence electrons. The van der Waals surface area contributed by atoms with Crippen molar-refractivity contribution >= 4 is 70.6 Å². The van der Waals surface area contributed by atoms with Gasteiger partial charge in [0.1, 0.15) is 18.3 Å². The van der Waals surface area contributed by atoms with E-state index in [4.69, 9.17) is 19.4 Å². The minimum Gasteiger partial charge on any atom is -0.657 e. The van der Waals surface area contributed by atoms with Gasteiger partial charge in [-0.3, -0.25) is 9.59 Å². The summed E-state index contributed by atoms with van der Waals surface area (Å²) in [5.41, 5.74) is 10.4. The van der Waals surface area contributed by atoms with E-state index in [0.717, 1.165) is 68.4 Å². The summed E-state index contributed by atoms with van der Waals surface area (Å²) in [7, 11) is 1.33. The fourth-order valence-corrected chi connectivity index (χ4v) is 7.88. The first-order valence-electron chi connectivity index (χ1n) is 17.6. The molecule has 1 saturated heterocycles. The summed E-state index contributed by atoms with van der Waals surface area (Å²) < 4.78 is 10.8. The first-order chi connectivity index (χ1) is 23.9. The van der Waals surface area contributed by atoms with Gasteiger partial charge in [-0.15, -0.1) is 21.7 Å². The van der Waals surface area contributed by atoms with Gasteiger partial charge in [-0.25, -0.2) is 0 Å². The molecule has 5 heterocycles. The number of carbonyl (C=O) groups is 2. The summed E-state index contributed by atoms with van der Waals surface area (Å²) in [4.78, 5) is 40.3. The topological polar surface area (TPSA) is 129 Å². The zero-order valence-corrected chi connectivity index (χ0v) is 32.5. The van der Waals surface area contributed by atoms with Crippen LogP contribution in [0.15, 0.2) is 23.9 Å². The third kappa shape index (κ3) is 6.68. The Kier molecular flexibility index (Phi) is 11.4. The van der Waals surface area contributed by atoms with Gasteiger partial charge < -0.3 is 34.8 Å². The minimum atomic E-state index is -1.03. The Hall–Kier alpha value is -4.15. The molecule has 3 aromatic heterocycles. The number of methoxy groups -OCH3 is 1. The molecule has 51 heavy (non-hydrogen) atoms. The van der Waals surface area contributed by atoms with Crippen LogP contribution in [0.5, 0.6) is 0 Å². The SMILES string of the molecule is C=Cc1c2[nH]c(c1C)/C=C1\NC(C3=c4[n-]c(c(C)c4=C(O)[C@@H]3C(=O)OC)/C=c3\[n-]/c(c(C)c3CC)=C\2)[C@@H](CCC(=O)OC/C=C(\C)CC)[C@@H]1C.[Mg+2]. The molecule has 3 aromatic rings. The van der Waals surface area contributed by atoms with E-state index in [-0.39, 0.29) is 59.6 Å². The van der Waals surface area contributed by atoms with Gasteiger partial charge in [-0.2, -0.15) is 0 Å². The molecule has 0 saturated carbocycles. The van der Waals surface area contributed by atoms with Gasteiger partial charge in [-0.1, -0.05) is 67.8 Å². The van der Waals surface area contributed by atoms with Crippen LogP contribution in [-0.2, 0) is 25.5 Å². The molecule has 1 fully saturated rings. The van der Waals surface area contributed by atoms with E-state index in [1.807, 2.05) is 32.1 Å². The number of aliphatic hydroxyl groups excluding tert-OH is 1. The number of ether oxygens (including phenoxy) is 2.